The molecular weight excluding hydrogens is 190 g/mol. The lowest BCUT2D eigenvalue weighted by Crippen LogP contribution is -2.45. The van der Waals surface area contributed by atoms with E-state index in [0.717, 1.165) is 26.2 Å². The van der Waals surface area contributed by atoms with Crippen LogP contribution in [0, 0.1) is 5.92 Å². The fraction of sp³-hybridized carbons (Fsp3) is 0.909. The first kappa shape index (κ1) is 12.5. The van der Waals surface area contributed by atoms with Crippen molar-refractivity contribution in [3.05, 3.63) is 0 Å². The summed E-state index contributed by atoms with van der Waals surface area (Å²) in [4.78, 5) is 13.7. The number of hydrogen-bond donors (Lipinski definition) is 2. The average Bonchev–Trinajstić information content (AvgIpc) is 2.11. The maximum absolute atomic E-state index is 11.4. The van der Waals surface area contributed by atoms with Crippen LogP contribution in [0.5, 0.6) is 0 Å². The van der Waals surface area contributed by atoms with Gasteiger partial charge in [0.1, 0.15) is 0 Å². The highest BCUT2D eigenvalue weighted by molar-refractivity contribution is 5.76. The molecule has 0 aliphatic carbocycles. The van der Waals surface area contributed by atoms with Gasteiger partial charge in [-0.25, -0.2) is 0 Å². The van der Waals surface area contributed by atoms with Gasteiger partial charge < -0.3 is 15.5 Å². The minimum absolute atomic E-state index is 0.193. The van der Waals surface area contributed by atoms with Crippen LogP contribution in [0.2, 0.25) is 0 Å². The minimum atomic E-state index is 0.193. The monoisotopic (exact) mass is 213 g/mol. The van der Waals surface area contributed by atoms with Gasteiger partial charge in [-0.05, 0) is 39.9 Å². The third kappa shape index (κ3) is 4.62. The standard InChI is InChI=1S/C11H23N3O/c1-9(2)14(3)5-4-13-11(15)6-10-7-12-8-10/h9-10,12H,4-8H2,1-3H3,(H,13,15). The summed E-state index contributed by atoms with van der Waals surface area (Å²) in [6.45, 7) is 7.99. The Morgan fingerprint density at radius 1 is 1.53 bits per heavy atom. The van der Waals surface area contributed by atoms with Gasteiger partial charge in [0.05, 0.1) is 0 Å². The first-order chi connectivity index (χ1) is 7.09. The second-order valence-corrected chi connectivity index (χ2v) is 4.65. The topological polar surface area (TPSA) is 44.4 Å². The molecule has 1 saturated heterocycles. The highest BCUT2D eigenvalue weighted by Gasteiger charge is 2.19. The van der Waals surface area contributed by atoms with Gasteiger partial charge in [-0.1, -0.05) is 0 Å². The first-order valence-electron chi connectivity index (χ1n) is 5.77. The van der Waals surface area contributed by atoms with E-state index in [1.165, 1.54) is 0 Å². The van der Waals surface area contributed by atoms with E-state index < -0.39 is 0 Å². The lowest BCUT2D eigenvalue weighted by Gasteiger charge is -2.26. The van der Waals surface area contributed by atoms with Crippen molar-refractivity contribution in [2.45, 2.75) is 26.3 Å². The van der Waals surface area contributed by atoms with Crippen molar-refractivity contribution in [2.24, 2.45) is 5.92 Å². The quantitative estimate of drug-likeness (QED) is 0.655. The number of nitrogens with one attached hydrogen (secondary N) is 2. The van der Waals surface area contributed by atoms with Crippen molar-refractivity contribution >= 4 is 5.91 Å². The molecule has 0 radical (unpaired) electrons. The highest BCUT2D eigenvalue weighted by Crippen LogP contribution is 2.07. The van der Waals surface area contributed by atoms with Gasteiger partial charge in [-0.3, -0.25) is 4.79 Å². The van der Waals surface area contributed by atoms with Crippen molar-refractivity contribution in [3.63, 3.8) is 0 Å². The number of carbonyl (C=O) groups excluding carboxylic acids is 1. The van der Waals surface area contributed by atoms with Crippen LogP contribution in [-0.2, 0) is 4.79 Å². The minimum Gasteiger partial charge on any atom is -0.355 e. The van der Waals surface area contributed by atoms with Crippen molar-refractivity contribution < 1.29 is 4.79 Å². The Morgan fingerprint density at radius 3 is 2.67 bits per heavy atom. The predicted molar refractivity (Wildman–Crippen MR) is 61.8 cm³/mol. The zero-order valence-electron chi connectivity index (χ0n) is 10.0. The smallest absolute Gasteiger partial charge is 0.220 e. The van der Waals surface area contributed by atoms with Crippen molar-refractivity contribution in [2.75, 3.05) is 33.2 Å². The van der Waals surface area contributed by atoms with Crippen LogP contribution in [0.4, 0.5) is 0 Å². The summed E-state index contributed by atoms with van der Waals surface area (Å²) in [6, 6.07) is 0.540. The summed E-state index contributed by atoms with van der Waals surface area (Å²) in [5.41, 5.74) is 0. The van der Waals surface area contributed by atoms with Crippen LogP contribution in [0.3, 0.4) is 0 Å². The fourth-order valence-electron chi connectivity index (χ4n) is 1.46. The van der Waals surface area contributed by atoms with E-state index in [1.54, 1.807) is 0 Å². The molecular formula is C11H23N3O. The predicted octanol–water partition coefficient (Wildman–Crippen LogP) is 0.0523. The second-order valence-electron chi connectivity index (χ2n) is 4.65. The maximum Gasteiger partial charge on any atom is 0.220 e. The molecule has 88 valence electrons. The molecule has 1 rings (SSSR count). The highest BCUT2D eigenvalue weighted by atomic mass is 16.1. The Kier molecular flexibility index (Phi) is 5.05. The SMILES string of the molecule is CC(C)N(C)CCNC(=O)CC1CNC1. The van der Waals surface area contributed by atoms with Gasteiger partial charge in [0.2, 0.25) is 5.91 Å². The van der Waals surface area contributed by atoms with Gasteiger partial charge in [0.15, 0.2) is 0 Å². The summed E-state index contributed by atoms with van der Waals surface area (Å²) >= 11 is 0. The molecule has 0 saturated carbocycles. The van der Waals surface area contributed by atoms with E-state index >= 15 is 0 Å². The number of hydrogen-bond acceptors (Lipinski definition) is 3. The molecule has 0 aromatic heterocycles. The molecule has 1 heterocycles. The normalized spacial score (nSPS) is 16.9. The van der Waals surface area contributed by atoms with Crippen molar-refractivity contribution in [1.82, 2.24) is 15.5 Å². The number of rotatable bonds is 6. The van der Waals surface area contributed by atoms with E-state index in [9.17, 15) is 4.79 Å². The molecule has 4 nitrogen and oxygen atoms in total. The van der Waals surface area contributed by atoms with E-state index in [4.69, 9.17) is 0 Å². The van der Waals surface area contributed by atoms with Crippen LogP contribution in [0.1, 0.15) is 20.3 Å². The largest absolute Gasteiger partial charge is 0.355 e. The van der Waals surface area contributed by atoms with Gasteiger partial charge in [-0.15, -0.1) is 0 Å². The average molecular weight is 213 g/mol. The third-order valence-corrected chi connectivity index (χ3v) is 3.01. The lowest BCUT2D eigenvalue weighted by atomic mass is 9.99. The second kappa shape index (κ2) is 6.08. The van der Waals surface area contributed by atoms with E-state index in [2.05, 4.69) is 36.4 Å². The summed E-state index contributed by atoms with van der Waals surface area (Å²) in [5, 5.41) is 6.13. The Bertz CT molecular complexity index is 202. The molecule has 0 aromatic carbocycles. The molecule has 1 aliphatic heterocycles. The number of amides is 1. The number of nitrogens with zero attached hydrogens (tertiary/aromatic N) is 1. The zero-order chi connectivity index (χ0) is 11.3. The van der Waals surface area contributed by atoms with Gasteiger partial charge >= 0.3 is 0 Å². The maximum atomic E-state index is 11.4. The van der Waals surface area contributed by atoms with E-state index in [-0.39, 0.29) is 5.91 Å². The van der Waals surface area contributed by atoms with Crippen LogP contribution in [0.15, 0.2) is 0 Å². The van der Waals surface area contributed by atoms with E-state index in [1.807, 2.05) is 0 Å². The molecule has 2 N–H and O–H groups in total. The number of likely N-dealkylation sites (N-methyl/N-ethyl adjacent to an activating group) is 1. The molecule has 0 aromatic rings. The first-order valence-corrected chi connectivity index (χ1v) is 5.77. The molecule has 0 spiro atoms. The summed E-state index contributed by atoms with van der Waals surface area (Å²) in [5.74, 6) is 0.756. The zero-order valence-corrected chi connectivity index (χ0v) is 10.0. The summed E-state index contributed by atoms with van der Waals surface area (Å²) in [6.07, 6.45) is 0.679. The molecule has 1 fully saturated rings. The van der Waals surface area contributed by atoms with Crippen LogP contribution >= 0.6 is 0 Å². The van der Waals surface area contributed by atoms with Crippen LogP contribution in [-0.4, -0.2) is 50.1 Å². The Balaban J connectivity index is 2.01. The van der Waals surface area contributed by atoms with Crippen molar-refractivity contribution in [3.8, 4) is 0 Å². The molecule has 0 bridgehead atoms. The Morgan fingerprint density at radius 2 is 2.20 bits per heavy atom. The molecule has 15 heavy (non-hydrogen) atoms. The Labute approximate surface area is 92.4 Å². The van der Waals surface area contributed by atoms with Crippen molar-refractivity contribution in [1.29, 1.82) is 0 Å². The van der Waals surface area contributed by atoms with Crippen LogP contribution < -0.4 is 10.6 Å². The summed E-state index contributed by atoms with van der Waals surface area (Å²) in [7, 11) is 2.08. The molecule has 1 aliphatic rings. The summed E-state index contributed by atoms with van der Waals surface area (Å²) < 4.78 is 0. The fourth-order valence-corrected chi connectivity index (χ4v) is 1.46. The van der Waals surface area contributed by atoms with Gasteiger partial charge in [0.25, 0.3) is 0 Å². The molecule has 0 unspecified atom stereocenters. The Hall–Kier alpha value is -0.610. The van der Waals surface area contributed by atoms with Gasteiger partial charge in [-0.2, -0.15) is 0 Å². The number of carbonyl (C=O) groups is 1. The third-order valence-electron chi connectivity index (χ3n) is 3.01. The molecule has 4 heteroatoms. The molecule has 1 amide bonds. The van der Waals surface area contributed by atoms with E-state index in [0.29, 0.717) is 18.4 Å². The van der Waals surface area contributed by atoms with Crippen LogP contribution in [0.25, 0.3) is 0 Å². The molecule has 0 atom stereocenters. The van der Waals surface area contributed by atoms with Gasteiger partial charge in [0, 0.05) is 25.6 Å². The lowest BCUT2D eigenvalue weighted by molar-refractivity contribution is -0.122.